The number of hydrogen-bond acceptors (Lipinski definition) is 1. The lowest BCUT2D eigenvalue weighted by atomic mass is 10.1. The first-order chi connectivity index (χ1) is 6.15. The second kappa shape index (κ2) is 6.14. The summed E-state index contributed by atoms with van der Waals surface area (Å²) in [5, 5.41) is 0. The van der Waals surface area contributed by atoms with E-state index in [-0.39, 0.29) is 24.0 Å². The number of Topliss-reactive ketones (excluding diaryl/α,β-unsaturated/α-hetero) is 1. The monoisotopic (exact) mass is 280 g/mol. The van der Waals surface area contributed by atoms with E-state index in [2.05, 4.69) is 15.9 Å². The predicted octanol–water partition coefficient (Wildman–Crippen LogP) is 3.99. The summed E-state index contributed by atoms with van der Waals surface area (Å²) in [6.45, 7) is 1.92. The Labute approximate surface area is 97.2 Å². The molecule has 1 aromatic carbocycles. The van der Waals surface area contributed by atoms with E-state index >= 15 is 0 Å². The van der Waals surface area contributed by atoms with Gasteiger partial charge in [-0.15, -0.1) is 12.4 Å². The van der Waals surface area contributed by atoms with Gasteiger partial charge in [0.1, 0.15) is 5.82 Å². The largest absolute Gasteiger partial charge is 0.294 e. The van der Waals surface area contributed by atoms with E-state index in [0.717, 1.165) is 6.42 Å². The van der Waals surface area contributed by atoms with Crippen molar-refractivity contribution in [1.82, 2.24) is 0 Å². The predicted molar refractivity (Wildman–Crippen MR) is 60.6 cm³/mol. The van der Waals surface area contributed by atoms with Gasteiger partial charge < -0.3 is 0 Å². The molecule has 0 amide bonds. The van der Waals surface area contributed by atoms with Crippen LogP contribution in [0.1, 0.15) is 30.1 Å². The van der Waals surface area contributed by atoms with Crippen molar-refractivity contribution in [2.75, 3.05) is 0 Å². The molecule has 0 aliphatic rings. The second-order valence-electron chi connectivity index (χ2n) is 2.80. The van der Waals surface area contributed by atoms with Crippen LogP contribution in [0.5, 0.6) is 0 Å². The molecule has 0 bridgehead atoms. The summed E-state index contributed by atoms with van der Waals surface area (Å²) < 4.78 is 13.4. The van der Waals surface area contributed by atoms with E-state index in [1.165, 1.54) is 6.07 Å². The number of ketones is 1. The highest BCUT2D eigenvalue weighted by molar-refractivity contribution is 9.10. The molecule has 0 saturated carbocycles. The molecule has 0 spiro atoms. The summed E-state index contributed by atoms with van der Waals surface area (Å²) in [6.07, 6.45) is 1.26. The fourth-order valence-corrected chi connectivity index (χ4v) is 1.29. The van der Waals surface area contributed by atoms with Gasteiger partial charge in [0, 0.05) is 12.0 Å². The first kappa shape index (κ1) is 13.6. The van der Waals surface area contributed by atoms with Crippen molar-refractivity contribution in [3.05, 3.63) is 34.1 Å². The quantitative estimate of drug-likeness (QED) is 0.766. The zero-order valence-electron chi connectivity index (χ0n) is 7.72. The van der Waals surface area contributed by atoms with Crippen LogP contribution in [0.2, 0.25) is 0 Å². The molecule has 4 heteroatoms. The fourth-order valence-electron chi connectivity index (χ4n) is 1.04. The minimum Gasteiger partial charge on any atom is -0.294 e. The molecule has 0 aliphatic carbocycles. The third-order valence-electron chi connectivity index (χ3n) is 1.72. The Bertz CT molecular complexity index is 328. The molecule has 0 radical (unpaired) electrons. The molecule has 1 rings (SSSR count). The van der Waals surface area contributed by atoms with E-state index in [9.17, 15) is 9.18 Å². The smallest absolute Gasteiger partial charge is 0.162 e. The molecule has 0 atom stereocenters. The second-order valence-corrected chi connectivity index (χ2v) is 3.66. The molecule has 0 N–H and O–H groups in total. The third kappa shape index (κ3) is 3.39. The maximum atomic E-state index is 13.0. The van der Waals surface area contributed by atoms with E-state index in [1.54, 1.807) is 12.1 Å². The highest BCUT2D eigenvalue weighted by Crippen LogP contribution is 2.17. The van der Waals surface area contributed by atoms with Gasteiger partial charge >= 0.3 is 0 Å². The van der Waals surface area contributed by atoms with Crippen molar-refractivity contribution >= 4 is 34.1 Å². The highest BCUT2D eigenvalue weighted by atomic mass is 79.9. The number of benzene rings is 1. The van der Waals surface area contributed by atoms with Gasteiger partial charge in [-0.1, -0.05) is 13.0 Å². The zero-order valence-corrected chi connectivity index (χ0v) is 10.1. The average Bonchev–Trinajstić information content (AvgIpc) is 2.10. The van der Waals surface area contributed by atoms with Crippen molar-refractivity contribution in [3.63, 3.8) is 0 Å². The Kier molecular flexibility index (Phi) is 5.96. The normalized spacial score (nSPS) is 9.36. The van der Waals surface area contributed by atoms with Crippen LogP contribution >= 0.6 is 28.3 Å². The molecule has 78 valence electrons. The minimum atomic E-state index is -0.387. The topological polar surface area (TPSA) is 17.1 Å². The van der Waals surface area contributed by atoms with Crippen molar-refractivity contribution in [2.24, 2.45) is 0 Å². The number of halogens is 3. The molecule has 14 heavy (non-hydrogen) atoms. The van der Waals surface area contributed by atoms with E-state index < -0.39 is 0 Å². The molecule has 0 unspecified atom stereocenters. The van der Waals surface area contributed by atoms with Crippen molar-refractivity contribution in [3.8, 4) is 0 Å². The molecule has 1 nitrogen and oxygen atoms in total. The minimum absolute atomic E-state index is 0. The molecule has 0 heterocycles. The van der Waals surface area contributed by atoms with Crippen LogP contribution in [0.25, 0.3) is 0 Å². The maximum absolute atomic E-state index is 13.0. The molecule has 0 fully saturated rings. The Morgan fingerprint density at radius 1 is 1.50 bits per heavy atom. The van der Waals surface area contributed by atoms with Crippen LogP contribution in [0, 0.1) is 5.82 Å². The Morgan fingerprint density at radius 2 is 2.14 bits per heavy atom. The SMILES string of the molecule is CCCC(=O)c1ccc(Br)c(F)c1.Cl. The number of hydrogen-bond donors (Lipinski definition) is 0. The molecule has 0 aliphatic heterocycles. The zero-order chi connectivity index (χ0) is 9.84. The Balaban J connectivity index is 0.00000169. The third-order valence-corrected chi connectivity index (χ3v) is 2.36. The van der Waals surface area contributed by atoms with Gasteiger partial charge in [0.25, 0.3) is 0 Å². The van der Waals surface area contributed by atoms with Crippen LogP contribution in [0.4, 0.5) is 4.39 Å². The number of carbonyl (C=O) groups is 1. The number of carbonyl (C=O) groups excluding carboxylic acids is 1. The van der Waals surface area contributed by atoms with Crippen LogP contribution in [-0.2, 0) is 0 Å². The highest BCUT2D eigenvalue weighted by Gasteiger charge is 2.07. The molecule has 1 aromatic rings. The van der Waals surface area contributed by atoms with Crippen molar-refractivity contribution < 1.29 is 9.18 Å². The van der Waals surface area contributed by atoms with Gasteiger partial charge in [0.2, 0.25) is 0 Å². The van der Waals surface area contributed by atoms with Crippen LogP contribution in [0.15, 0.2) is 22.7 Å². The molecule has 0 saturated heterocycles. The van der Waals surface area contributed by atoms with Gasteiger partial charge in [-0.3, -0.25) is 4.79 Å². The van der Waals surface area contributed by atoms with Gasteiger partial charge in [-0.05, 0) is 34.5 Å². The first-order valence-electron chi connectivity index (χ1n) is 4.13. The summed E-state index contributed by atoms with van der Waals surface area (Å²) in [5.74, 6) is -0.393. The van der Waals surface area contributed by atoms with Gasteiger partial charge in [0.15, 0.2) is 5.78 Å². The summed E-state index contributed by atoms with van der Waals surface area (Å²) >= 11 is 3.03. The van der Waals surface area contributed by atoms with Gasteiger partial charge in [-0.2, -0.15) is 0 Å². The molecule has 0 aromatic heterocycles. The van der Waals surface area contributed by atoms with E-state index in [1.807, 2.05) is 6.92 Å². The first-order valence-corrected chi connectivity index (χ1v) is 4.92. The Morgan fingerprint density at radius 3 is 2.64 bits per heavy atom. The summed E-state index contributed by atoms with van der Waals surface area (Å²) in [5.41, 5.74) is 0.447. The molecular formula is C10H11BrClFO. The van der Waals surface area contributed by atoms with Crippen molar-refractivity contribution in [1.29, 1.82) is 0 Å². The van der Waals surface area contributed by atoms with Crippen LogP contribution < -0.4 is 0 Å². The number of rotatable bonds is 3. The Hall–Kier alpha value is -0.410. The molecular weight excluding hydrogens is 270 g/mol. The standard InChI is InChI=1S/C10H10BrFO.ClH/c1-2-3-10(13)7-4-5-8(11)9(12)6-7;/h4-6H,2-3H2,1H3;1H. The summed E-state index contributed by atoms with van der Waals surface area (Å²) in [6, 6.07) is 4.45. The lowest BCUT2D eigenvalue weighted by molar-refractivity contribution is 0.0981. The fraction of sp³-hybridized carbons (Fsp3) is 0.300. The van der Waals surface area contributed by atoms with E-state index in [4.69, 9.17) is 0 Å². The maximum Gasteiger partial charge on any atom is 0.162 e. The summed E-state index contributed by atoms with van der Waals surface area (Å²) in [7, 11) is 0. The summed E-state index contributed by atoms with van der Waals surface area (Å²) in [4.78, 5) is 11.3. The van der Waals surface area contributed by atoms with Gasteiger partial charge in [0.05, 0.1) is 4.47 Å². The lowest BCUT2D eigenvalue weighted by Crippen LogP contribution is -1.98. The van der Waals surface area contributed by atoms with Crippen LogP contribution in [0.3, 0.4) is 0 Å². The van der Waals surface area contributed by atoms with Crippen LogP contribution in [-0.4, -0.2) is 5.78 Å². The lowest BCUT2D eigenvalue weighted by Gasteiger charge is -2.00. The van der Waals surface area contributed by atoms with Gasteiger partial charge in [-0.25, -0.2) is 4.39 Å². The average molecular weight is 282 g/mol. The van der Waals surface area contributed by atoms with E-state index in [0.29, 0.717) is 16.5 Å². The van der Waals surface area contributed by atoms with Crippen molar-refractivity contribution in [2.45, 2.75) is 19.8 Å².